The van der Waals surface area contributed by atoms with Gasteiger partial charge < -0.3 is 9.88 Å². The molecule has 7 heteroatoms. The molecular formula is C22H21N5O2. The van der Waals surface area contributed by atoms with Crippen LogP contribution in [0.25, 0.3) is 17.2 Å². The third-order valence-electron chi connectivity index (χ3n) is 5.07. The monoisotopic (exact) mass is 387 g/mol. The lowest BCUT2D eigenvalue weighted by Gasteiger charge is -2.12. The summed E-state index contributed by atoms with van der Waals surface area (Å²) >= 11 is 0. The van der Waals surface area contributed by atoms with E-state index in [1.807, 2.05) is 75.5 Å². The van der Waals surface area contributed by atoms with Crippen molar-refractivity contribution in [2.45, 2.75) is 20.3 Å². The summed E-state index contributed by atoms with van der Waals surface area (Å²) in [5.74, 6) is 0.663. The standard InChI is InChI=1S/C22H21N5O2/c1-14-9-7-8-12-18(14)23-19(28)13-17-15(2)26(3)22-24-20(25-27(22)21(17)29)16-10-5-4-6-11-16/h4-12H,13H2,1-3H3,(H,23,28). The number of hydrogen-bond acceptors (Lipinski definition) is 4. The van der Waals surface area contributed by atoms with Gasteiger partial charge in [0, 0.05) is 29.6 Å². The summed E-state index contributed by atoms with van der Waals surface area (Å²) in [6, 6.07) is 17.0. The number of rotatable bonds is 4. The molecule has 0 atom stereocenters. The van der Waals surface area contributed by atoms with Crippen LogP contribution in [0.4, 0.5) is 5.69 Å². The predicted molar refractivity (Wildman–Crippen MR) is 112 cm³/mol. The van der Waals surface area contributed by atoms with Gasteiger partial charge in [0.2, 0.25) is 11.7 Å². The van der Waals surface area contributed by atoms with Gasteiger partial charge in [-0.25, -0.2) is 0 Å². The maximum Gasteiger partial charge on any atom is 0.279 e. The fourth-order valence-electron chi connectivity index (χ4n) is 3.27. The first-order valence-corrected chi connectivity index (χ1v) is 9.32. The van der Waals surface area contributed by atoms with Gasteiger partial charge in [-0.15, -0.1) is 5.10 Å². The summed E-state index contributed by atoms with van der Waals surface area (Å²) in [4.78, 5) is 30.2. The first-order chi connectivity index (χ1) is 14.0. The lowest BCUT2D eigenvalue weighted by molar-refractivity contribution is -0.115. The molecule has 4 aromatic rings. The van der Waals surface area contributed by atoms with Crippen molar-refractivity contribution in [3.05, 3.63) is 81.8 Å². The second-order valence-corrected chi connectivity index (χ2v) is 6.98. The molecule has 0 fully saturated rings. The minimum absolute atomic E-state index is 0.0384. The van der Waals surface area contributed by atoms with Crippen LogP contribution in [-0.2, 0) is 18.3 Å². The van der Waals surface area contributed by atoms with E-state index in [2.05, 4.69) is 15.4 Å². The van der Waals surface area contributed by atoms with E-state index in [0.717, 1.165) is 16.8 Å². The van der Waals surface area contributed by atoms with Crippen molar-refractivity contribution in [3.63, 3.8) is 0 Å². The first-order valence-electron chi connectivity index (χ1n) is 9.32. The molecule has 0 aliphatic rings. The van der Waals surface area contributed by atoms with Crippen LogP contribution in [0.5, 0.6) is 0 Å². The zero-order chi connectivity index (χ0) is 20.5. The minimum atomic E-state index is -0.329. The molecule has 2 aromatic carbocycles. The summed E-state index contributed by atoms with van der Waals surface area (Å²) in [6.07, 6.45) is -0.0384. The van der Waals surface area contributed by atoms with Crippen LogP contribution in [0.3, 0.4) is 0 Å². The SMILES string of the molecule is Cc1ccccc1NC(=O)Cc1c(C)n(C)c2nc(-c3ccccc3)nn2c1=O. The van der Waals surface area contributed by atoms with E-state index in [1.54, 1.807) is 4.57 Å². The number of fused-ring (bicyclic) bond motifs is 1. The Morgan fingerprint density at radius 1 is 1.03 bits per heavy atom. The van der Waals surface area contributed by atoms with Crippen LogP contribution in [0, 0.1) is 13.8 Å². The average molecular weight is 387 g/mol. The van der Waals surface area contributed by atoms with Gasteiger partial charge in [0.1, 0.15) is 0 Å². The van der Waals surface area contributed by atoms with Crippen molar-refractivity contribution in [2.24, 2.45) is 7.05 Å². The summed E-state index contributed by atoms with van der Waals surface area (Å²) in [5.41, 5.74) is 3.28. The van der Waals surface area contributed by atoms with Crippen LogP contribution in [0.1, 0.15) is 16.8 Å². The molecule has 29 heavy (non-hydrogen) atoms. The zero-order valence-electron chi connectivity index (χ0n) is 16.5. The lowest BCUT2D eigenvalue weighted by Crippen LogP contribution is -2.28. The van der Waals surface area contributed by atoms with Gasteiger partial charge in [-0.05, 0) is 25.5 Å². The Morgan fingerprint density at radius 3 is 2.45 bits per heavy atom. The van der Waals surface area contributed by atoms with Gasteiger partial charge in [0.25, 0.3) is 5.56 Å². The van der Waals surface area contributed by atoms with Gasteiger partial charge in [-0.2, -0.15) is 9.50 Å². The Morgan fingerprint density at radius 2 is 1.72 bits per heavy atom. The molecule has 2 heterocycles. The maximum atomic E-state index is 13.1. The highest BCUT2D eigenvalue weighted by molar-refractivity contribution is 5.93. The smallest absolute Gasteiger partial charge is 0.279 e. The van der Waals surface area contributed by atoms with Gasteiger partial charge in [-0.3, -0.25) is 9.59 Å². The number of anilines is 1. The van der Waals surface area contributed by atoms with Gasteiger partial charge >= 0.3 is 0 Å². The highest BCUT2D eigenvalue weighted by Gasteiger charge is 2.19. The number of benzene rings is 2. The highest BCUT2D eigenvalue weighted by atomic mass is 16.2. The molecule has 0 unspecified atom stereocenters. The molecule has 0 saturated carbocycles. The topological polar surface area (TPSA) is 81.3 Å². The van der Waals surface area contributed by atoms with Crippen molar-refractivity contribution in [3.8, 4) is 11.4 Å². The number of hydrogen-bond donors (Lipinski definition) is 1. The summed E-state index contributed by atoms with van der Waals surface area (Å²) in [6.45, 7) is 3.74. The van der Waals surface area contributed by atoms with E-state index in [-0.39, 0.29) is 17.9 Å². The van der Waals surface area contributed by atoms with Crippen LogP contribution >= 0.6 is 0 Å². The van der Waals surface area contributed by atoms with Crippen molar-refractivity contribution >= 4 is 17.4 Å². The minimum Gasteiger partial charge on any atom is -0.326 e. The fourth-order valence-corrected chi connectivity index (χ4v) is 3.27. The Kier molecular flexibility index (Phi) is 4.72. The van der Waals surface area contributed by atoms with E-state index < -0.39 is 0 Å². The second kappa shape index (κ2) is 7.35. The molecule has 2 aromatic heterocycles. The van der Waals surface area contributed by atoms with Crippen LogP contribution < -0.4 is 10.9 Å². The molecule has 1 amide bonds. The van der Waals surface area contributed by atoms with Crippen molar-refractivity contribution in [1.29, 1.82) is 0 Å². The number of aromatic nitrogens is 4. The molecule has 1 N–H and O–H groups in total. The molecular weight excluding hydrogens is 366 g/mol. The third kappa shape index (κ3) is 3.42. The van der Waals surface area contributed by atoms with E-state index in [1.165, 1.54) is 4.52 Å². The molecule has 0 aliphatic heterocycles. The average Bonchev–Trinajstić information content (AvgIpc) is 3.18. The number of nitrogens with zero attached hydrogens (tertiary/aromatic N) is 4. The molecule has 146 valence electrons. The number of amides is 1. The first kappa shape index (κ1) is 18.6. The lowest BCUT2D eigenvalue weighted by atomic mass is 10.1. The van der Waals surface area contributed by atoms with Crippen LogP contribution in [0.2, 0.25) is 0 Å². The Balaban J connectivity index is 1.72. The normalized spacial score (nSPS) is 11.0. The zero-order valence-corrected chi connectivity index (χ0v) is 16.5. The fraction of sp³-hybridized carbons (Fsp3) is 0.182. The van der Waals surface area contributed by atoms with Crippen molar-refractivity contribution < 1.29 is 4.79 Å². The Bertz CT molecular complexity index is 1270. The third-order valence-corrected chi connectivity index (χ3v) is 5.07. The molecule has 7 nitrogen and oxygen atoms in total. The number of para-hydroxylation sites is 1. The molecule has 0 spiro atoms. The molecule has 0 radical (unpaired) electrons. The second-order valence-electron chi connectivity index (χ2n) is 6.98. The van der Waals surface area contributed by atoms with Crippen molar-refractivity contribution in [2.75, 3.05) is 5.32 Å². The number of carbonyl (C=O) groups is 1. The predicted octanol–water partition coefficient (Wildman–Crippen LogP) is 2.89. The van der Waals surface area contributed by atoms with E-state index >= 15 is 0 Å². The van der Waals surface area contributed by atoms with Crippen LogP contribution in [-0.4, -0.2) is 25.1 Å². The molecule has 0 aliphatic carbocycles. The van der Waals surface area contributed by atoms with Gasteiger partial charge in [0.15, 0.2) is 5.82 Å². The number of aryl methyl sites for hydroxylation is 2. The summed E-state index contributed by atoms with van der Waals surface area (Å²) in [7, 11) is 1.82. The van der Waals surface area contributed by atoms with Crippen LogP contribution in [0.15, 0.2) is 59.4 Å². The maximum absolute atomic E-state index is 13.1. The Hall–Kier alpha value is -3.74. The molecule has 0 bridgehead atoms. The van der Waals surface area contributed by atoms with E-state index in [0.29, 0.717) is 22.9 Å². The molecule has 0 saturated heterocycles. The van der Waals surface area contributed by atoms with E-state index in [9.17, 15) is 9.59 Å². The number of nitrogens with one attached hydrogen (secondary N) is 1. The number of carbonyl (C=O) groups excluding carboxylic acids is 1. The van der Waals surface area contributed by atoms with E-state index in [4.69, 9.17) is 0 Å². The Labute approximate surface area is 167 Å². The van der Waals surface area contributed by atoms with Crippen molar-refractivity contribution in [1.82, 2.24) is 19.2 Å². The summed E-state index contributed by atoms with van der Waals surface area (Å²) in [5, 5.41) is 7.27. The highest BCUT2D eigenvalue weighted by Crippen LogP contribution is 2.17. The largest absolute Gasteiger partial charge is 0.326 e. The van der Waals surface area contributed by atoms with Gasteiger partial charge in [-0.1, -0.05) is 48.5 Å². The van der Waals surface area contributed by atoms with Gasteiger partial charge in [0.05, 0.1) is 6.42 Å². The molecule has 4 rings (SSSR count). The summed E-state index contributed by atoms with van der Waals surface area (Å²) < 4.78 is 3.06. The quantitative estimate of drug-likeness (QED) is 0.584.